The lowest BCUT2D eigenvalue weighted by molar-refractivity contribution is 0.424. The van der Waals surface area contributed by atoms with E-state index in [1.165, 1.54) is 31.2 Å². The van der Waals surface area contributed by atoms with Crippen LogP contribution in [0.4, 0.5) is 0 Å². The van der Waals surface area contributed by atoms with Gasteiger partial charge in [-0.25, -0.2) is 0 Å². The van der Waals surface area contributed by atoms with Crippen molar-refractivity contribution in [1.29, 1.82) is 0 Å². The van der Waals surface area contributed by atoms with E-state index in [1.54, 1.807) is 0 Å². The second-order valence-electron chi connectivity index (χ2n) is 5.47. The van der Waals surface area contributed by atoms with Gasteiger partial charge in [0.05, 0.1) is 0 Å². The Hall–Kier alpha value is -0.890. The fourth-order valence-electron chi connectivity index (χ4n) is 2.30. The molecule has 102 valence electrons. The molecular formula is C16H28N2. The summed E-state index contributed by atoms with van der Waals surface area (Å²) in [6.07, 6.45) is 10.1. The van der Waals surface area contributed by atoms with E-state index in [4.69, 9.17) is 0 Å². The highest BCUT2D eigenvalue weighted by Gasteiger charge is 2.07. The monoisotopic (exact) mass is 248 g/mol. The molecule has 0 saturated carbocycles. The molecule has 18 heavy (non-hydrogen) atoms. The van der Waals surface area contributed by atoms with Gasteiger partial charge < -0.3 is 5.32 Å². The molecule has 2 nitrogen and oxygen atoms in total. The van der Waals surface area contributed by atoms with Gasteiger partial charge in [-0.05, 0) is 49.4 Å². The van der Waals surface area contributed by atoms with Crippen molar-refractivity contribution in [3.05, 3.63) is 30.1 Å². The Kier molecular flexibility index (Phi) is 7.66. The second-order valence-corrected chi connectivity index (χ2v) is 5.47. The van der Waals surface area contributed by atoms with Crippen LogP contribution in [0.15, 0.2) is 24.5 Å². The van der Waals surface area contributed by atoms with E-state index in [-0.39, 0.29) is 0 Å². The van der Waals surface area contributed by atoms with Gasteiger partial charge in [-0.1, -0.05) is 33.6 Å². The minimum absolute atomic E-state index is 0.668. The van der Waals surface area contributed by atoms with Gasteiger partial charge in [0.15, 0.2) is 0 Å². The third kappa shape index (κ3) is 6.75. The summed E-state index contributed by atoms with van der Waals surface area (Å²) in [6, 6.07) is 4.91. The first-order chi connectivity index (χ1) is 8.72. The Bertz CT molecular complexity index is 295. The molecule has 0 fully saturated rings. The summed E-state index contributed by atoms with van der Waals surface area (Å²) in [5, 5.41) is 3.61. The topological polar surface area (TPSA) is 24.9 Å². The number of nitrogens with one attached hydrogen (secondary N) is 1. The molecule has 1 aromatic rings. The predicted molar refractivity (Wildman–Crippen MR) is 78.7 cm³/mol. The normalized spacial score (nSPS) is 12.9. The number of pyridine rings is 1. The second kappa shape index (κ2) is 9.09. The molecule has 0 aliphatic carbocycles. The maximum absolute atomic E-state index is 4.06. The molecule has 2 heteroatoms. The van der Waals surface area contributed by atoms with E-state index >= 15 is 0 Å². The first-order valence-electron chi connectivity index (χ1n) is 7.34. The summed E-state index contributed by atoms with van der Waals surface area (Å²) in [5.74, 6) is 0.826. The lowest BCUT2D eigenvalue weighted by Crippen LogP contribution is -2.29. The number of hydrogen-bond acceptors (Lipinski definition) is 2. The van der Waals surface area contributed by atoms with Crippen molar-refractivity contribution < 1.29 is 0 Å². The van der Waals surface area contributed by atoms with Crippen LogP contribution in [0.25, 0.3) is 0 Å². The maximum atomic E-state index is 4.06. The van der Waals surface area contributed by atoms with Crippen LogP contribution < -0.4 is 5.32 Å². The molecule has 0 radical (unpaired) electrons. The van der Waals surface area contributed by atoms with Crippen LogP contribution in [0, 0.1) is 5.92 Å². The van der Waals surface area contributed by atoms with Crippen LogP contribution in [0.1, 0.15) is 52.0 Å². The zero-order chi connectivity index (χ0) is 13.2. The number of aromatic nitrogens is 1. The Morgan fingerprint density at radius 3 is 2.44 bits per heavy atom. The molecule has 0 amide bonds. The Balaban J connectivity index is 2.28. The first-order valence-corrected chi connectivity index (χ1v) is 7.34. The third-order valence-corrected chi connectivity index (χ3v) is 3.36. The zero-order valence-electron chi connectivity index (χ0n) is 12.2. The quantitative estimate of drug-likeness (QED) is 0.718. The fourth-order valence-corrected chi connectivity index (χ4v) is 2.30. The van der Waals surface area contributed by atoms with Gasteiger partial charge >= 0.3 is 0 Å². The van der Waals surface area contributed by atoms with Gasteiger partial charge in [-0.2, -0.15) is 0 Å². The molecular weight excluding hydrogens is 220 g/mol. The molecule has 0 saturated heterocycles. The van der Waals surface area contributed by atoms with Crippen LogP contribution in [-0.4, -0.2) is 17.6 Å². The lowest BCUT2D eigenvalue weighted by Gasteiger charge is -2.18. The molecule has 0 aromatic carbocycles. The summed E-state index contributed by atoms with van der Waals surface area (Å²) in [6.45, 7) is 7.88. The van der Waals surface area contributed by atoms with E-state index < -0.39 is 0 Å². The lowest BCUT2D eigenvalue weighted by atomic mass is 9.98. The summed E-state index contributed by atoms with van der Waals surface area (Å²) in [7, 11) is 0. The van der Waals surface area contributed by atoms with Crippen molar-refractivity contribution >= 4 is 0 Å². The highest BCUT2D eigenvalue weighted by molar-refractivity contribution is 5.09. The highest BCUT2D eigenvalue weighted by Crippen LogP contribution is 2.12. The van der Waals surface area contributed by atoms with Crippen molar-refractivity contribution in [1.82, 2.24) is 10.3 Å². The molecule has 0 aliphatic heterocycles. The van der Waals surface area contributed by atoms with Gasteiger partial charge in [-0.3, -0.25) is 4.98 Å². The number of nitrogens with zero attached hydrogens (tertiary/aromatic N) is 1. The first kappa shape index (κ1) is 15.2. The Morgan fingerprint density at radius 1 is 1.11 bits per heavy atom. The maximum Gasteiger partial charge on any atom is 0.0270 e. The van der Waals surface area contributed by atoms with Crippen LogP contribution in [0.5, 0.6) is 0 Å². The molecule has 0 aliphatic rings. The van der Waals surface area contributed by atoms with Gasteiger partial charge in [0.1, 0.15) is 0 Å². The van der Waals surface area contributed by atoms with Crippen molar-refractivity contribution in [2.45, 2.75) is 58.9 Å². The highest BCUT2D eigenvalue weighted by atomic mass is 14.9. The van der Waals surface area contributed by atoms with Gasteiger partial charge in [0, 0.05) is 18.4 Å². The van der Waals surface area contributed by atoms with Crippen LogP contribution >= 0.6 is 0 Å². The van der Waals surface area contributed by atoms with Gasteiger partial charge in [0.2, 0.25) is 0 Å². The van der Waals surface area contributed by atoms with Gasteiger partial charge in [0.25, 0.3) is 0 Å². The molecule has 0 spiro atoms. The van der Waals surface area contributed by atoms with E-state index in [0.29, 0.717) is 6.04 Å². The van der Waals surface area contributed by atoms with Crippen LogP contribution in [0.2, 0.25) is 0 Å². The van der Waals surface area contributed by atoms with Crippen LogP contribution in [0.3, 0.4) is 0 Å². The third-order valence-electron chi connectivity index (χ3n) is 3.36. The molecule has 1 unspecified atom stereocenters. The number of aryl methyl sites for hydroxylation is 1. The zero-order valence-corrected chi connectivity index (χ0v) is 12.2. The van der Waals surface area contributed by atoms with Crippen molar-refractivity contribution in [2.24, 2.45) is 5.92 Å². The van der Waals surface area contributed by atoms with Crippen molar-refractivity contribution in [3.8, 4) is 0 Å². The van der Waals surface area contributed by atoms with E-state index in [1.807, 2.05) is 12.4 Å². The predicted octanol–water partition coefficient (Wildman–Crippen LogP) is 3.82. The van der Waals surface area contributed by atoms with Gasteiger partial charge in [-0.15, -0.1) is 0 Å². The van der Waals surface area contributed by atoms with E-state index in [0.717, 1.165) is 18.9 Å². The average molecular weight is 248 g/mol. The standard InChI is InChI=1S/C16H28N2/c1-4-18-16(7-5-6-14(2)3)9-8-15-10-12-17-13-11-15/h10-14,16,18H,4-9H2,1-3H3. The molecule has 0 bridgehead atoms. The molecule has 1 rings (SSSR count). The smallest absolute Gasteiger partial charge is 0.0270 e. The largest absolute Gasteiger partial charge is 0.314 e. The SMILES string of the molecule is CCNC(CCCC(C)C)CCc1ccncc1. The fraction of sp³-hybridized carbons (Fsp3) is 0.688. The minimum atomic E-state index is 0.668. The minimum Gasteiger partial charge on any atom is -0.314 e. The summed E-state index contributed by atoms with van der Waals surface area (Å²) in [4.78, 5) is 4.06. The molecule has 1 N–H and O–H groups in total. The van der Waals surface area contributed by atoms with E-state index in [2.05, 4.69) is 43.2 Å². The van der Waals surface area contributed by atoms with Crippen molar-refractivity contribution in [2.75, 3.05) is 6.54 Å². The Labute approximate surface area is 112 Å². The van der Waals surface area contributed by atoms with Crippen LogP contribution in [-0.2, 0) is 6.42 Å². The van der Waals surface area contributed by atoms with Crippen molar-refractivity contribution in [3.63, 3.8) is 0 Å². The molecule has 1 heterocycles. The molecule has 1 aromatic heterocycles. The summed E-state index contributed by atoms with van der Waals surface area (Å²) in [5.41, 5.74) is 1.40. The summed E-state index contributed by atoms with van der Waals surface area (Å²) >= 11 is 0. The van der Waals surface area contributed by atoms with E-state index in [9.17, 15) is 0 Å². The number of hydrogen-bond donors (Lipinski definition) is 1. The molecule has 1 atom stereocenters. The average Bonchev–Trinajstić information content (AvgIpc) is 2.37. The Morgan fingerprint density at radius 2 is 1.83 bits per heavy atom. The number of rotatable bonds is 9. The summed E-state index contributed by atoms with van der Waals surface area (Å²) < 4.78 is 0.